The lowest BCUT2D eigenvalue weighted by Gasteiger charge is -2.37. The fourth-order valence-corrected chi connectivity index (χ4v) is 3.44. The standard InChI is InChI=1S/C21H33N3O3/c1-6-15(2)20(21(26)27-5)22-19(25)14-23-10-12-24(13-11-23)18-9-7-8-16(3)17(18)4/h7-9,15,20H,6,10-14H2,1-5H3,(H,22,25)/t15-,20-/m1/s1. The van der Waals surface area contributed by atoms with Crippen LogP contribution in [0.2, 0.25) is 0 Å². The third kappa shape index (κ3) is 5.45. The molecule has 0 bridgehead atoms. The Morgan fingerprint density at radius 1 is 1.19 bits per heavy atom. The second kappa shape index (κ2) is 9.74. The molecule has 1 heterocycles. The number of ether oxygens (including phenoxy) is 1. The molecule has 6 nitrogen and oxygen atoms in total. The Bertz CT molecular complexity index is 654. The van der Waals surface area contributed by atoms with E-state index in [1.807, 2.05) is 13.8 Å². The highest BCUT2D eigenvalue weighted by Gasteiger charge is 2.28. The Morgan fingerprint density at radius 3 is 2.44 bits per heavy atom. The van der Waals surface area contributed by atoms with Crippen LogP contribution in [-0.4, -0.2) is 62.7 Å². The molecule has 0 spiro atoms. The van der Waals surface area contributed by atoms with Crippen molar-refractivity contribution in [2.45, 2.75) is 40.2 Å². The number of amides is 1. The van der Waals surface area contributed by atoms with E-state index in [9.17, 15) is 9.59 Å². The van der Waals surface area contributed by atoms with Crippen LogP contribution >= 0.6 is 0 Å². The number of carbonyl (C=O) groups is 2. The van der Waals surface area contributed by atoms with Crippen LogP contribution in [0, 0.1) is 19.8 Å². The Balaban J connectivity index is 1.88. The van der Waals surface area contributed by atoms with Crippen molar-refractivity contribution in [1.82, 2.24) is 10.2 Å². The van der Waals surface area contributed by atoms with Gasteiger partial charge in [-0.2, -0.15) is 0 Å². The van der Waals surface area contributed by atoms with Gasteiger partial charge in [-0.1, -0.05) is 32.4 Å². The number of hydrogen-bond acceptors (Lipinski definition) is 5. The summed E-state index contributed by atoms with van der Waals surface area (Å²) in [5.41, 5.74) is 3.90. The number of nitrogens with one attached hydrogen (secondary N) is 1. The van der Waals surface area contributed by atoms with Crippen LogP contribution in [0.4, 0.5) is 5.69 Å². The summed E-state index contributed by atoms with van der Waals surface area (Å²) in [6.07, 6.45) is 0.800. The maximum absolute atomic E-state index is 12.4. The predicted octanol–water partition coefficient (Wildman–Crippen LogP) is 2.13. The summed E-state index contributed by atoms with van der Waals surface area (Å²) in [4.78, 5) is 28.9. The zero-order chi connectivity index (χ0) is 20.0. The molecule has 2 atom stereocenters. The summed E-state index contributed by atoms with van der Waals surface area (Å²) in [6.45, 7) is 12.0. The Labute approximate surface area is 162 Å². The average molecular weight is 376 g/mol. The minimum absolute atomic E-state index is 0.0440. The quantitative estimate of drug-likeness (QED) is 0.740. The first-order valence-corrected chi connectivity index (χ1v) is 9.78. The summed E-state index contributed by atoms with van der Waals surface area (Å²) in [5.74, 6) is -0.453. The molecule has 0 radical (unpaired) electrons. The molecule has 150 valence electrons. The number of aryl methyl sites for hydroxylation is 1. The van der Waals surface area contributed by atoms with Gasteiger partial charge in [0.2, 0.25) is 5.91 Å². The molecule has 1 amide bonds. The third-order valence-corrected chi connectivity index (χ3v) is 5.64. The minimum atomic E-state index is -0.580. The number of carbonyl (C=O) groups excluding carboxylic acids is 2. The van der Waals surface area contributed by atoms with Crippen LogP contribution in [0.25, 0.3) is 0 Å². The zero-order valence-electron chi connectivity index (χ0n) is 17.2. The van der Waals surface area contributed by atoms with Crippen molar-refractivity contribution in [2.24, 2.45) is 5.92 Å². The summed E-state index contributed by atoms with van der Waals surface area (Å²) >= 11 is 0. The molecule has 1 aliphatic heterocycles. The Kier molecular flexibility index (Phi) is 7.66. The number of anilines is 1. The van der Waals surface area contributed by atoms with Crippen LogP contribution in [0.1, 0.15) is 31.4 Å². The largest absolute Gasteiger partial charge is 0.467 e. The minimum Gasteiger partial charge on any atom is -0.467 e. The van der Waals surface area contributed by atoms with Crippen molar-refractivity contribution >= 4 is 17.6 Å². The molecule has 0 aromatic heterocycles. The van der Waals surface area contributed by atoms with Gasteiger partial charge in [0.15, 0.2) is 0 Å². The monoisotopic (exact) mass is 375 g/mol. The van der Waals surface area contributed by atoms with E-state index in [0.29, 0.717) is 6.54 Å². The molecule has 0 saturated carbocycles. The lowest BCUT2D eigenvalue weighted by molar-refractivity contribution is -0.146. The molecule has 1 aliphatic rings. The van der Waals surface area contributed by atoms with Gasteiger partial charge < -0.3 is 15.0 Å². The van der Waals surface area contributed by atoms with Gasteiger partial charge >= 0.3 is 5.97 Å². The predicted molar refractivity (Wildman–Crippen MR) is 108 cm³/mol. The lowest BCUT2D eigenvalue weighted by Crippen LogP contribution is -2.52. The molecule has 1 saturated heterocycles. The van der Waals surface area contributed by atoms with Crippen molar-refractivity contribution in [3.63, 3.8) is 0 Å². The summed E-state index contributed by atoms with van der Waals surface area (Å²) in [6, 6.07) is 5.81. The number of nitrogens with zero attached hydrogens (tertiary/aromatic N) is 2. The van der Waals surface area contributed by atoms with Crippen molar-refractivity contribution in [1.29, 1.82) is 0 Å². The van der Waals surface area contributed by atoms with Crippen molar-refractivity contribution in [2.75, 3.05) is 44.7 Å². The fourth-order valence-electron chi connectivity index (χ4n) is 3.44. The average Bonchev–Trinajstić information content (AvgIpc) is 2.67. The number of rotatable bonds is 7. The molecular formula is C21H33N3O3. The van der Waals surface area contributed by atoms with Gasteiger partial charge in [-0.3, -0.25) is 9.69 Å². The van der Waals surface area contributed by atoms with Crippen molar-refractivity contribution < 1.29 is 14.3 Å². The lowest BCUT2D eigenvalue weighted by atomic mass is 9.99. The van der Waals surface area contributed by atoms with Crippen LogP contribution in [-0.2, 0) is 14.3 Å². The van der Waals surface area contributed by atoms with Crippen molar-refractivity contribution in [3.8, 4) is 0 Å². The highest BCUT2D eigenvalue weighted by molar-refractivity contribution is 5.85. The van der Waals surface area contributed by atoms with E-state index in [-0.39, 0.29) is 17.8 Å². The normalized spacial score (nSPS) is 17.3. The van der Waals surface area contributed by atoms with Crippen LogP contribution in [0.15, 0.2) is 18.2 Å². The highest BCUT2D eigenvalue weighted by atomic mass is 16.5. The molecule has 0 unspecified atom stereocenters. The van der Waals surface area contributed by atoms with E-state index in [2.05, 4.69) is 47.2 Å². The van der Waals surface area contributed by atoms with Gasteiger partial charge in [-0.25, -0.2) is 4.79 Å². The van der Waals surface area contributed by atoms with Crippen LogP contribution in [0.3, 0.4) is 0 Å². The second-order valence-electron chi connectivity index (χ2n) is 7.44. The molecule has 1 N–H and O–H groups in total. The molecule has 2 rings (SSSR count). The molecular weight excluding hydrogens is 342 g/mol. The van der Waals surface area contributed by atoms with E-state index in [1.165, 1.54) is 23.9 Å². The van der Waals surface area contributed by atoms with E-state index >= 15 is 0 Å². The Morgan fingerprint density at radius 2 is 1.85 bits per heavy atom. The van der Waals surface area contributed by atoms with Crippen LogP contribution < -0.4 is 10.2 Å². The summed E-state index contributed by atoms with van der Waals surface area (Å²) in [5, 5.41) is 2.86. The maximum atomic E-state index is 12.4. The molecule has 1 aromatic rings. The molecule has 0 aliphatic carbocycles. The van der Waals surface area contributed by atoms with Gasteiger partial charge in [0.1, 0.15) is 6.04 Å². The first-order valence-electron chi connectivity index (χ1n) is 9.78. The van der Waals surface area contributed by atoms with Crippen LogP contribution in [0.5, 0.6) is 0 Å². The molecule has 1 aromatic carbocycles. The number of benzene rings is 1. The van der Waals surface area contributed by atoms with E-state index < -0.39 is 6.04 Å². The number of hydrogen-bond donors (Lipinski definition) is 1. The number of esters is 1. The fraction of sp³-hybridized carbons (Fsp3) is 0.619. The number of piperazine rings is 1. The maximum Gasteiger partial charge on any atom is 0.328 e. The first kappa shape index (κ1) is 21.2. The number of methoxy groups -OCH3 is 1. The second-order valence-corrected chi connectivity index (χ2v) is 7.44. The topological polar surface area (TPSA) is 61.9 Å². The SMILES string of the molecule is CC[C@@H](C)[C@@H](NC(=O)CN1CCN(c2cccc(C)c2C)CC1)C(=O)OC. The molecule has 6 heteroatoms. The van der Waals surface area contributed by atoms with E-state index in [1.54, 1.807) is 0 Å². The summed E-state index contributed by atoms with van der Waals surface area (Å²) in [7, 11) is 1.36. The first-order chi connectivity index (χ1) is 12.9. The molecule has 1 fully saturated rings. The zero-order valence-corrected chi connectivity index (χ0v) is 17.2. The summed E-state index contributed by atoms with van der Waals surface area (Å²) < 4.78 is 4.84. The third-order valence-electron chi connectivity index (χ3n) is 5.64. The highest BCUT2D eigenvalue weighted by Crippen LogP contribution is 2.23. The van der Waals surface area contributed by atoms with Gasteiger partial charge in [-0.05, 0) is 37.0 Å². The smallest absolute Gasteiger partial charge is 0.328 e. The van der Waals surface area contributed by atoms with Gasteiger partial charge in [0.05, 0.1) is 13.7 Å². The van der Waals surface area contributed by atoms with Gasteiger partial charge in [-0.15, -0.1) is 0 Å². The van der Waals surface area contributed by atoms with E-state index in [0.717, 1.165) is 32.6 Å². The van der Waals surface area contributed by atoms with Gasteiger partial charge in [0, 0.05) is 31.9 Å². The Hall–Kier alpha value is -2.08. The van der Waals surface area contributed by atoms with Crippen molar-refractivity contribution in [3.05, 3.63) is 29.3 Å². The molecule has 27 heavy (non-hydrogen) atoms. The van der Waals surface area contributed by atoms with Gasteiger partial charge in [0.25, 0.3) is 0 Å². The van der Waals surface area contributed by atoms with E-state index in [4.69, 9.17) is 4.74 Å².